The summed E-state index contributed by atoms with van der Waals surface area (Å²) in [6.07, 6.45) is 1.22. The number of nitrogens with zero attached hydrogens (tertiary/aromatic N) is 1. The molecule has 1 saturated heterocycles. The summed E-state index contributed by atoms with van der Waals surface area (Å²) in [4.78, 5) is 29.2. The van der Waals surface area contributed by atoms with Crippen molar-refractivity contribution in [1.82, 2.24) is 10.2 Å². The molecular formula is C27H27FN2O4S. The molecule has 5 rings (SSSR count). The van der Waals surface area contributed by atoms with Gasteiger partial charge in [-0.2, -0.15) is 0 Å². The van der Waals surface area contributed by atoms with Crippen LogP contribution in [0.5, 0.6) is 11.5 Å². The van der Waals surface area contributed by atoms with Crippen molar-refractivity contribution >= 4 is 23.2 Å². The Labute approximate surface area is 207 Å². The number of benzene rings is 2. The number of hydrogen-bond donors (Lipinski definition) is 1. The minimum atomic E-state index is -0.269. The van der Waals surface area contributed by atoms with Crippen LogP contribution in [0.25, 0.3) is 10.4 Å². The van der Waals surface area contributed by atoms with Gasteiger partial charge in [0, 0.05) is 30.4 Å². The zero-order chi connectivity index (χ0) is 24.4. The Morgan fingerprint density at radius 3 is 2.57 bits per heavy atom. The Balaban J connectivity index is 1.15. The van der Waals surface area contributed by atoms with E-state index >= 15 is 0 Å². The van der Waals surface area contributed by atoms with Gasteiger partial charge >= 0.3 is 0 Å². The zero-order valence-electron chi connectivity index (χ0n) is 19.5. The minimum absolute atomic E-state index is 0.00668. The zero-order valence-corrected chi connectivity index (χ0v) is 20.3. The molecule has 3 heterocycles. The SMILES string of the molecule is Cc1ccc(CNC(=O)C2CCN(C(=O)c3ccc(-c4ccc5c(c4)OCCO5)s3)CC2)cc1F. The molecule has 0 spiro atoms. The summed E-state index contributed by atoms with van der Waals surface area (Å²) in [5, 5.41) is 2.91. The second-order valence-corrected chi connectivity index (χ2v) is 9.97. The lowest BCUT2D eigenvalue weighted by atomic mass is 9.95. The van der Waals surface area contributed by atoms with Crippen LogP contribution in [0, 0.1) is 18.7 Å². The predicted molar refractivity (Wildman–Crippen MR) is 132 cm³/mol. The number of amides is 2. The number of likely N-dealkylation sites (tertiary alicyclic amines) is 1. The van der Waals surface area contributed by atoms with Crippen molar-refractivity contribution in [3.05, 3.63) is 70.4 Å². The Hall–Kier alpha value is -3.39. The van der Waals surface area contributed by atoms with E-state index in [1.165, 1.54) is 17.4 Å². The van der Waals surface area contributed by atoms with E-state index in [1.807, 2.05) is 41.3 Å². The number of thiophene rings is 1. The van der Waals surface area contributed by atoms with Gasteiger partial charge in [-0.15, -0.1) is 11.3 Å². The van der Waals surface area contributed by atoms with Crippen molar-refractivity contribution in [3.63, 3.8) is 0 Å². The van der Waals surface area contributed by atoms with E-state index in [0.717, 1.165) is 27.5 Å². The standard InChI is InChI=1S/C27H27FN2O4S/c1-17-2-3-18(14-21(17)28)16-29-26(31)19-8-10-30(11-9-19)27(32)25-7-6-24(35-25)20-4-5-22-23(15-20)34-13-12-33-22/h2-7,14-15,19H,8-13,16H2,1H3,(H,29,31). The maximum absolute atomic E-state index is 13.7. The Bertz CT molecular complexity index is 1250. The normalized spacial score (nSPS) is 15.7. The number of nitrogens with one attached hydrogen (secondary N) is 1. The maximum Gasteiger partial charge on any atom is 0.263 e. The van der Waals surface area contributed by atoms with Gasteiger partial charge in [-0.1, -0.05) is 12.1 Å². The number of halogens is 1. The summed E-state index contributed by atoms with van der Waals surface area (Å²) in [6.45, 7) is 4.16. The molecule has 2 aromatic carbocycles. The summed E-state index contributed by atoms with van der Waals surface area (Å²) in [5.41, 5.74) is 2.31. The quantitative estimate of drug-likeness (QED) is 0.553. The summed E-state index contributed by atoms with van der Waals surface area (Å²) in [6, 6.07) is 14.6. The molecule has 1 aromatic heterocycles. The molecule has 0 unspecified atom stereocenters. The highest BCUT2D eigenvalue weighted by atomic mass is 32.1. The fourth-order valence-electron chi connectivity index (χ4n) is 4.39. The third-order valence-electron chi connectivity index (χ3n) is 6.50. The number of carbonyl (C=O) groups is 2. The molecule has 8 heteroatoms. The van der Waals surface area contributed by atoms with Gasteiger partial charge in [-0.3, -0.25) is 9.59 Å². The van der Waals surface area contributed by atoms with Gasteiger partial charge < -0.3 is 19.7 Å². The molecule has 182 valence electrons. The molecule has 0 saturated carbocycles. The third-order valence-corrected chi connectivity index (χ3v) is 7.62. The highest BCUT2D eigenvalue weighted by molar-refractivity contribution is 7.17. The topological polar surface area (TPSA) is 67.9 Å². The number of rotatable bonds is 5. The van der Waals surface area contributed by atoms with E-state index in [2.05, 4.69) is 5.32 Å². The van der Waals surface area contributed by atoms with Crippen molar-refractivity contribution < 1.29 is 23.5 Å². The number of ether oxygens (including phenoxy) is 2. The van der Waals surface area contributed by atoms with Crippen LogP contribution in [0.15, 0.2) is 48.5 Å². The highest BCUT2D eigenvalue weighted by Crippen LogP contribution is 2.37. The second kappa shape index (κ2) is 10.1. The molecule has 0 atom stereocenters. The highest BCUT2D eigenvalue weighted by Gasteiger charge is 2.28. The van der Waals surface area contributed by atoms with E-state index < -0.39 is 0 Å². The van der Waals surface area contributed by atoms with Crippen LogP contribution in [0.4, 0.5) is 4.39 Å². The van der Waals surface area contributed by atoms with Crippen molar-refractivity contribution in [1.29, 1.82) is 0 Å². The molecular weight excluding hydrogens is 467 g/mol. The Kier molecular flexibility index (Phi) is 6.72. The molecule has 2 aliphatic rings. The van der Waals surface area contributed by atoms with Crippen LogP contribution >= 0.6 is 11.3 Å². The van der Waals surface area contributed by atoms with Crippen molar-refractivity contribution in [2.45, 2.75) is 26.3 Å². The summed E-state index contributed by atoms with van der Waals surface area (Å²) in [5.74, 6) is 0.997. The van der Waals surface area contributed by atoms with Crippen molar-refractivity contribution in [3.8, 4) is 21.9 Å². The van der Waals surface area contributed by atoms with Crippen LogP contribution in [-0.4, -0.2) is 43.0 Å². The predicted octanol–water partition coefficient (Wildman–Crippen LogP) is 4.80. The number of carbonyl (C=O) groups excluding carboxylic acids is 2. The van der Waals surface area contributed by atoms with Crippen LogP contribution in [0.3, 0.4) is 0 Å². The lowest BCUT2D eigenvalue weighted by molar-refractivity contribution is -0.126. The molecule has 0 aliphatic carbocycles. The van der Waals surface area contributed by atoms with Gasteiger partial charge in [-0.05, 0) is 72.9 Å². The van der Waals surface area contributed by atoms with Crippen LogP contribution in [-0.2, 0) is 11.3 Å². The number of piperidine rings is 1. The number of aryl methyl sites for hydroxylation is 1. The van der Waals surface area contributed by atoms with Gasteiger partial charge in [0.2, 0.25) is 5.91 Å². The monoisotopic (exact) mass is 494 g/mol. The van der Waals surface area contributed by atoms with Crippen LogP contribution in [0.2, 0.25) is 0 Å². The Morgan fingerprint density at radius 1 is 1.03 bits per heavy atom. The number of hydrogen-bond acceptors (Lipinski definition) is 5. The van der Waals surface area contributed by atoms with E-state index in [-0.39, 0.29) is 23.5 Å². The summed E-state index contributed by atoms with van der Waals surface area (Å²) in [7, 11) is 0. The lowest BCUT2D eigenvalue weighted by Crippen LogP contribution is -2.42. The average molecular weight is 495 g/mol. The summed E-state index contributed by atoms with van der Waals surface area (Å²) < 4.78 is 25.0. The van der Waals surface area contributed by atoms with Crippen molar-refractivity contribution in [2.24, 2.45) is 5.92 Å². The van der Waals surface area contributed by atoms with Gasteiger partial charge in [0.25, 0.3) is 5.91 Å². The van der Waals surface area contributed by atoms with Crippen LogP contribution < -0.4 is 14.8 Å². The molecule has 0 radical (unpaired) electrons. The van der Waals surface area contributed by atoms with Gasteiger partial charge in [-0.25, -0.2) is 4.39 Å². The largest absolute Gasteiger partial charge is 0.486 e. The van der Waals surface area contributed by atoms with Gasteiger partial charge in [0.1, 0.15) is 19.0 Å². The van der Waals surface area contributed by atoms with Crippen molar-refractivity contribution in [2.75, 3.05) is 26.3 Å². The second-order valence-electron chi connectivity index (χ2n) is 8.89. The molecule has 6 nitrogen and oxygen atoms in total. The van der Waals surface area contributed by atoms with E-state index in [0.29, 0.717) is 56.1 Å². The molecule has 1 N–H and O–H groups in total. The Morgan fingerprint density at radius 2 is 1.80 bits per heavy atom. The summed E-state index contributed by atoms with van der Waals surface area (Å²) >= 11 is 1.46. The number of fused-ring (bicyclic) bond motifs is 1. The first kappa shape index (κ1) is 23.4. The van der Waals surface area contributed by atoms with Crippen LogP contribution in [0.1, 0.15) is 33.6 Å². The molecule has 1 fully saturated rings. The first-order chi connectivity index (χ1) is 17.0. The molecule has 2 amide bonds. The molecule has 0 bridgehead atoms. The lowest BCUT2D eigenvalue weighted by Gasteiger charge is -2.31. The molecule has 2 aliphatic heterocycles. The third kappa shape index (κ3) is 5.17. The maximum atomic E-state index is 13.7. The van der Waals surface area contributed by atoms with E-state index in [9.17, 15) is 14.0 Å². The fourth-order valence-corrected chi connectivity index (χ4v) is 5.36. The molecule has 3 aromatic rings. The first-order valence-corrected chi connectivity index (χ1v) is 12.6. The fraction of sp³-hybridized carbons (Fsp3) is 0.333. The smallest absolute Gasteiger partial charge is 0.263 e. The van der Waals surface area contributed by atoms with E-state index in [4.69, 9.17) is 9.47 Å². The minimum Gasteiger partial charge on any atom is -0.486 e. The van der Waals surface area contributed by atoms with Gasteiger partial charge in [0.05, 0.1) is 4.88 Å². The molecule has 35 heavy (non-hydrogen) atoms. The first-order valence-electron chi connectivity index (χ1n) is 11.8. The van der Waals surface area contributed by atoms with E-state index in [1.54, 1.807) is 13.0 Å². The average Bonchev–Trinajstić information content (AvgIpc) is 3.39. The van der Waals surface area contributed by atoms with Gasteiger partial charge in [0.15, 0.2) is 11.5 Å².